The molecule has 1 aliphatic rings. The normalized spacial score (nSPS) is 17.0. The van der Waals surface area contributed by atoms with E-state index in [9.17, 15) is 21.6 Å². The maximum Gasteiger partial charge on any atom is 0.341 e. The van der Waals surface area contributed by atoms with Gasteiger partial charge in [0.15, 0.2) is 0 Å². The molecule has 0 bridgehead atoms. The summed E-state index contributed by atoms with van der Waals surface area (Å²) in [4.78, 5) is 4.24. The molecule has 0 amide bonds. The molecule has 28 heavy (non-hydrogen) atoms. The molecule has 0 spiro atoms. The van der Waals surface area contributed by atoms with Gasteiger partial charge in [-0.05, 0) is 54.9 Å². The zero-order valence-electron chi connectivity index (χ0n) is 15.4. The Bertz CT molecular complexity index is 871. The van der Waals surface area contributed by atoms with Gasteiger partial charge in [0, 0.05) is 26.2 Å². The summed E-state index contributed by atoms with van der Waals surface area (Å²) in [5.41, 5.74) is 1.96. The lowest BCUT2D eigenvalue weighted by Crippen LogP contribution is -2.30. The Kier molecular flexibility index (Phi) is 6.74. The predicted octanol–water partition coefficient (Wildman–Crippen LogP) is 3.53. The van der Waals surface area contributed by atoms with Crippen molar-refractivity contribution in [3.8, 4) is 0 Å². The summed E-state index contributed by atoms with van der Waals surface area (Å²) < 4.78 is 61.2. The smallest absolute Gasteiger partial charge is 0.298 e. The lowest BCUT2D eigenvalue weighted by molar-refractivity contribution is 0.234. The summed E-state index contributed by atoms with van der Waals surface area (Å²) in [7, 11) is -4.55. The molecule has 1 fully saturated rings. The molecule has 4 nitrogen and oxygen atoms in total. The predicted molar refractivity (Wildman–Crippen MR) is 101 cm³/mol. The van der Waals surface area contributed by atoms with Crippen LogP contribution < -0.4 is 0 Å². The minimum absolute atomic E-state index is 0.238. The number of sulfone groups is 1. The zero-order valence-corrected chi connectivity index (χ0v) is 16.2. The topological polar surface area (TPSA) is 40.6 Å². The van der Waals surface area contributed by atoms with Crippen molar-refractivity contribution < 1.29 is 21.6 Å². The highest BCUT2D eigenvalue weighted by Gasteiger charge is 2.26. The van der Waals surface area contributed by atoms with E-state index in [0.717, 1.165) is 50.3 Å². The Morgan fingerprint density at radius 3 is 1.71 bits per heavy atom. The molecule has 3 rings (SSSR count). The average molecular weight is 412 g/mol. The fraction of sp³-hybridized carbons (Fsp3) is 0.400. The quantitative estimate of drug-likeness (QED) is 0.728. The standard InChI is InChI=1S/C20H23F3N2O2S/c21-18-6-2-16(3-7-18)14-24-10-1-11-25(13-12-24)15-17-4-8-19(9-5-17)28(26,27)20(22)23/h2-9,20H,1,10-15H2. The first kappa shape index (κ1) is 20.8. The molecule has 0 aliphatic carbocycles. The first-order chi connectivity index (χ1) is 13.3. The van der Waals surface area contributed by atoms with E-state index >= 15 is 0 Å². The van der Waals surface area contributed by atoms with Gasteiger partial charge in [0.2, 0.25) is 9.84 Å². The molecule has 0 N–H and O–H groups in total. The highest BCUT2D eigenvalue weighted by atomic mass is 32.2. The molecule has 8 heteroatoms. The maximum absolute atomic E-state index is 13.0. The maximum atomic E-state index is 13.0. The Labute approximate surface area is 163 Å². The van der Waals surface area contributed by atoms with Gasteiger partial charge < -0.3 is 0 Å². The minimum atomic E-state index is -4.55. The van der Waals surface area contributed by atoms with E-state index in [2.05, 4.69) is 9.80 Å². The van der Waals surface area contributed by atoms with Gasteiger partial charge >= 0.3 is 5.76 Å². The third-order valence-electron chi connectivity index (χ3n) is 4.89. The first-order valence-electron chi connectivity index (χ1n) is 9.15. The van der Waals surface area contributed by atoms with Crippen LogP contribution in [-0.4, -0.2) is 50.2 Å². The van der Waals surface area contributed by atoms with E-state index in [4.69, 9.17) is 0 Å². The second-order valence-corrected chi connectivity index (χ2v) is 8.90. The largest absolute Gasteiger partial charge is 0.341 e. The van der Waals surface area contributed by atoms with Gasteiger partial charge in [0.25, 0.3) is 0 Å². The van der Waals surface area contributed by atoms with Crippen LogP contribution in [0.4, 0.5) is 13.2 Å². The second kappa shape index (κ2) is 9.07. The van der Waals surface area contributed by atoms with Crippen LogP contribution >= 0.6 is 0 Å². The Hall–Kier alpha value is -1.90. The molecule has 0 unspecified atom stereocenters. The first-order valence-corrected chi connectivity index (χ1v) is 10.7. The Morgan fingerprint density at radius 2 is 1.25 bits per heavy atom. The van der Waals surface area contributed by atoms with Crippen LogP contribution in [0.25, 0.3) is 0 Å². The lowest BCUT2D eigenvalue weighted by Gasteiger charge is -2.22. The number of benzene rings is 2. The number of rotatable bonds is 6. The van der Waals surface area contributed by atoms with Crippen LogP contribution in [0.15, 0.2) is 53.4 Å². The number of hydrogen-bond donors (Lipinski definition) is 0. The summed E-state index contributed by atoms with van der Waals surface area (Å²) >= 11 is 0. The molecular weight excluding hydrogens is 389 g/mol. The molecule has 152 valence electrons. The monoisotopic (exact) mass is 412 g/mol. The van der Waals surface area contributed by atoms with Crippen LogP contribution in [0, 0.1) is 5.82 Å². The molecule has 1 saturated heterocycles. The summed E-state index contributed by atoms with van der Waals surface area (Å²) in [6.07, 6.45) is 0.985. The molecule has 2 aromatic carbocycles. The number of hydrogen-bond acceptors (Lipinski definition) is 4. The van der Waals surface area contributed by atoms with E-state index in [0.29, 0.717) is 6.54 Å². The van der Waals surface area contributed by atoms with Crippen molar-refractivity contribution in [2.75, 3.05) is 26.2 Å². The van der Waals surface area contributed by atoms with Crippen LogP contribution in [0.1, 0.15) is 17.5 Å². The van der Waals surface area contributed by atoms with E-state index in [-0.39, 0.29) is 10.7 Å². The summed E-state index contributed by atoms with van der Waals surface area (Å²) in [5, 5.41) is 0. The third-order valence-corrected chi connectivity index (χ3v) is 6.29. The lowest BCUT2D eigenvalue weighted by atomic mass is 10.2. The van der Waals surface area contributed by atoms with Crippen LogP contribution in [-0.2, 0) is 22.9 Å². The Morgan fingerprint density at radius 1 is 0.786 bits per heavy atom. The van der Waals surface area contributed by atoms with E-state index in [1.54, 1.807) is 24.3 Å². The molecular formula is C20H23F3N2O2S. The average Bonchev–Trinajstić information content (AvgIpc) is 2.89. The van der Waals surface area contributed by atoms with E-state index in [1.807, 2.05) is 0 Å². The van der Waals surface area contributed by atoms with Crippen molar-refractivity contribution >= 4 is 9.84 Å². The Balaban J connectivity index is 1.55. The van der Waals surface area contributed by atoms with Gasteiger partial charge in [-0.3, -0.25) is 9.80 Å². The number of nitrogens with zero attached hydrogens (tertiary/aromatic N) is 2. The number of alkyl halides is 2. The van der Waals surface area contributed by atoms with Crippen molar-refractivity contribution in [2.24, 2.45) is 0 Å². The van der Waals surface area contributed by atoms with Gasteiger partial charge in [-0.15, -0.1) is 0 Å². The molecule has 2 aromatic rings. The summed E-state index contributed by atoms with van der Waals surface area (Å²) in [6.45, 7) is 4.97. The SMILES string of the molecule is O=S(=O)(c1ccc(CN2CCCN(Cc3ccc(F)cc3)CC2)cc1)C(F)F. The molecule has 0 radical (unpaired) electrons. The fourth-order valence-corrected chi connectivity index (χ4v) is 4.06. The zero-order chi connectivity index (χ0) is 20.1. The van der Waals surface area contributed by atoms with Gasteiger partial charge in [-0.1, -0.05) is 24.3 Å². The molecule has 1 heterocycles. The molecule has 0 aromatic heterocycles. The van der Waals surface area contributed by atoms with Crippen LogP contribution in [0.2, 0.25) is 0 Å². The van der Waals surface area contributed by atoms with E-state index in [1.165, 1.54) is 24.3 Å². The number of halogens is 3. The fourth-order valence-electron chi connectivity index (χ4n) is 3.33. The highest BCUT2D eigenvalue weighted by molar-refractivity contribution is 7.91. The van der Waals surface area contributed by atoms with Gasteiger partial charge in [0.05, 0.1) is 4.90 Å². The third kappa shape index (κ3) is 5.33. The van der Waals surface area contributed by atoms with Crippen molar-refractivity contribution in [3.05, 3.63) is 65.5 Å². The van der Waals surface area contributed by atoms with Crippen molar-refractivity contribution in [1.82, 2.24) is 9.80 Å². The molecule has 0 atom stereocenters. The van der Waals surface area contributed by atoms with Crippen molar-refractivity contribution in [3.63, 3.8) is 0 Å². The molecule has 0 saturated carbocycles. The van der Waals surface area contributed by atoms with Crippen molar-refractivity contribution in [2.45, 2.75) is 30.2 Å². The second-order valence-electron chi connectivity index (χ2n) is 6.98. The van der Waals surface area contributed by atoms with Crippen LogP contribution in [0.5, 0.6) is 0 Å². The van der Waals surface area contributed by atoms with Crippen molar-refractivity contribution in [1.29, 1.82) is 0 Å². The van der Waals surface area contributed by atoms with Gasteiger partial charge in [0.1, 0.15) is 5.82 Å². The van der Waals surface area contributed by atoms with Gasteiger partial charge in [-0.2, -0.15) is 8.78 Å². The molecule has 1 aliphatic heterocycles. The van der Waals surface area contributed by atoms with Crippen LogP contribution in [0.3, 0.4) is 0 Å². The summed E-state index contributed by atoms with van der Waals surface area (Å²) in [5.74, 6) is -3.64. The minimum Gasteiger partial charge on any atom is -0.298 e. The highest BCUT2D eigenvalue weighted by Crippen LogP contribution is 2.19. The summed E-state index contributed by atoms with van der Waals surface area (Å²) in [6, 6.07) is 12.2. The van der Waals surface area contributed by atoms with Gasteiger partial charge in [-0.25, -0.2) is 12.8 Å². The van der Waals surface area contributed by atoms with E-state index < -0.39 is 15.6 Å².